The summed E-state index contributed by atoms with van der Waals surface area (Å²) in [5.41, 5.74) is 5.52. The molecule has 0 spiro atoms. The molecule has 3 nitrogen and oxygen atoms in total. The summed E-state index contributed by atoms with van der Waals surface area (Å²) in [4.78, 5) is 13.1. The minimum atomic E-state index is -0.0783. The van der Waals surface area contributed by atoms with Crippen LogP contribution in [0.25, 0.3) is 0 Å². The Bertz CT molecular complexity index is 226. The molecule has 1 aliphatic rings. The summed E-state index contributed by atoms with van der Waals surface area (Å²) in [7, 11) is 0. The fraction of sp³-hybridized carbons (Fsp3) is 0.667. The van der Waals surface area contributed by atoms with Gasteiger partial charge < -0.3 is 10.6 Å². The number of rotatable bonds is 1. The molecular weight excluding hydrogens is 152 g/mol. The Morgan fingerprint density at radius 2 is 2.50 bits per heavy atom. The number of carbonyl (C=O) groups excluding carboxylic acids is 1. The van der Waals surface area contributed by atoms with Crippen LogP contribution in [0.3, 0.4) is 0 Å². The van der Waals surface area contributed by atoms with E-state index in [9.17, 15) is 4.79 Å². The zero-order valence-electron chi connectivity index (χ0n) is 7.34. The van der Waals surface area contributed by atoms with Crippen molar-refractivity contribution < 1.29 is 4.79 Å². The van der Waals surface area contributed by atoms with Crippen LogP contribution in [-0.2, 0) is 4.79 Å². The van der Waals surface area contributed by atoms with Crippen molar-refractivity contribution in [2.24, 2.45) is 5.73 Å². The Morgan fingerprint density at radius 3 is 3.08 bits per heavy atom. The number of carbonyl (C=O) groups is 1. The predicted molar refractivity (Wildman–Crippen MR) is 47.2 cm³/mol. The standard InChI is InChI=1S/C9H14N2O/c1-2-4-9(12)11-6-3-5-8(11)7-10/h8H,3,5-7,10H2,1H3. The van der Waals surface area contributed by atoms with Crippen molar-refractivity contribution in [3.8, 4) is 11.8 Å². The van der Waals surface area contributed by atoms with Gasteiger partial charge in [0, 0.05) is 19.1 Å². The summed E-state index contributed by atoms with van der Waals surface area (Å²) in [5, 5.41) is 0. The van der Waals surface area contributed by atoms with Gasteiger partial charge in [0.2, 0.25) is 0 Å². The van der Waals surface area contributed by atoms with Gasteiger partial charge in [-0.3, -0.25) is 4.79 Å². The van der Waals surface area contributed by atoms with Gasteiger partial charge in [0.15, 0.2) is 0 Å². The summed E-state index contributed by atoms with van der Waals surface area (Å²) >= 11 is 0. The average Bonchev–Trinajstić information content (AvgIpc) is 2.51. The second-order valence-corrected chi connectivity index (χ2v) is 2.91. The molecule has 1 amide bonds. The Kier molecular flexibility index (Phi) is 3.12. The highest BCUT2D eigenvalue weighted by Crippen LogP contribution is 2.15. The highest BCUT2D eigenvalue weighted by molar-refractivity contribution is 5.93. The van der Waals surface area contributed by atoms with Crippen LogP contribution in [0.15, 0.2) is 0 Å². The van der Waals surface area contributed by atoms with Gasteiger partial charge in [0.1, 0.15) is 0 Å². The Morgan fingerprint density at radius 1 is 1.75 bits per heavy atom. The van der Waals surface area contributed by atoms with E-state index in [0.29, 0.717) is 6.54 Å². The summed E-state index contributed by atoms with van der Waals surface area (Å²) in [6.07, 6.45) is 2.08. The zero-order chi connectivity index (χ0) is 8.97. The normalized spacial score (nSPS) is 21.8. The van der Waals surface area contributed by atoms with Crippen LogP contribution in [0.5, 0.6) is 0 Å². The maximum Gasteiger partial charge on any atom is 0.298 e. The van der Waals surface area contributed by atoms with Crippen molar-refractivity contribution in [1.29, 1.82) is 0 Å². The van der Waals surface area contributed by atoms with Gasteiger partial charge in [0.25, 0.3) is 5.91 Å². The molecule has 1 fully saturated rings. The van der Waals surface area contributed by atoms with Crippen LogP contribution < -0.4 is 5.73 Å². The van der Waals surface area contributed by atoms with E-state index in [1.165, 1.54) is 0 Å². The molecule has 0 radical (unpaired) electrons. The van der Waals surface area contributed by atoms with Crippen LogP contribution >= 0.6 is 0 Å². The van der Waals surface area contributed by atoms with E-state index in [1.807, 2.05) is 0 Å². The third-order valence-corrected chi connectivity index (χ3v) is 2.14. The molecule has 0 aromatic rings. The Balaban J connectivity index is 2.59. The molecule has 0 aromatic heterocycles. The van der Waals surface area contributed by atoms with Gasteiger partial charge >= 0.3 is 0 Å². The second-order valence-electron chi connectivity index (χ2n) is 2.91. The van der Waals surface area contributed by atoms with Crippen molar-refractivity contribution in [2.45, 2.75) is 25.8 Å². The number of nitrogens with two attached hydrogens (primary N) is 1. The lowest BCUT2D eigenvalue weighted by molar-refractivity contribution is -0.125. The predicted octanol–water partition coefficient (Wildman–Crippen LogP) is -0.0406. The van der Waals surface area contributed by atoms with Crippen molar-refractivity contribution >= 4 is 5.91 Å². The van der Waals surface area contributed by atoms with Gasteiger partial charge in [-0.15, -0.1) is 0 Å². The summed E-state index contributed by atoms with van der Waals surface area (Å²) in [5.74, 6) is 5.06. The van der Waals surface area contributed by atoms with E-state index >= 15 is 0 Å². The Labute approximate surface area is 72.9 Å². The number of likely N-dealkylation sites (tertiary alicyclic amines) is 1. The van der Waals surface area contributed by atoms with Crippen molar-refractivity contribution in [3.05, 3.63) is 0 Å². The SMILES string of the molecule is CC#CC(=O)N1CCCC1CN. The van der Waals surface area contributed by atoms with E-state index in [2.05, 4.69) is 11.8 Å². The molecule has 66 valence electrons. The molecule has 12 heavy (non-hydrogen) atoms. The molecule has 1 unspecified atom stereocenters. The van der Waals surface area contributed by atoms with Gasteiger partial charge in [0.05, 0.1) is 0 Å². The molecule has 3 heteroatoms. The number of hydrogen-bond acceptors (Lipinski definition) is 2. The van der Waals surface area contributed by atoms with Crippen molar-refractivity contribution in [2.75, 3.05) is 13.1 Å². The molecule has 2 N–H and O–H groups in total. The topological polar surface area (TPSA) is 46.3 Å². The lowest BCUT2D eigenvalue weighted by Crippen LogP contribution is -2.39. The van der Waals surface area contributed by atoms with Crippen LogP contribution in [-0.4, -0.2) is 29.9 Å². The number of amides is 1. The van der Waals surface area contributed by atoms with Crippen LogP contribution in [0.2, 0.25) is 0 Å². The van der Waals surface area contributed by atoms with Crippen molar-refractivity contribution in [3.63, 3.8) is 0 Å². The van der Waals surface area contributed by atoms with Crippen LogP contribution in [0, 0.1) is 11.8 Å². The molecule has 1 saturated heterocycles. The monoisotopic (exact) mass is 166 g/mol. The highest BCUT2D eigenvalue weighted by atomic mass is 16.2. The first-order valence-corrected chi connectivity index (χ1v) is 4.23. The first kappa shape index (κ1) is 9.08. The smallest absolute Gasteiger partial charge is 0.298 e. The molecular formula is C9H14N2O. The fourth-order valence-corrected chi connectivity index (χ4v) is 1.53. The number of nitrogens with zero attached hydrogens (tertiary/aromatic N) is 1. The summed E-state index contributed by atoms with van der Waals surface area (Å²) in [6.45, 7) is 3.04. The van der Waals surface area contributed by atoms with Gasteiger partial charge in [-0.05, 0) is 25.7 Å². The maximum absolute atomic E-state index is 11.3. The number of hydrogen-bond donors (Lipinski definition) is 1. The maximum atomic E-state index is 11.3. The van der Waals surface area contributed by atoms with E-state index in [1.54, 1.807) is 11.8 Å². The first-order valence-electron chi connectivity index (χ1n) is 4.23. The average molecular weight is 166 g/mol. The fourth-order valence-electron chi connectivity index (χ4n) is 1.53. The lowest BCUT2D eigenvalue weighted by Gasteiger charge is -2.20. The molecule has 0 bridgehead atoms. The molecule has 1 atom stereocenters. The Hall–Kier alpha value is -1.01. The quantitative estimate of drug-likeness (QED) is 0.555. The van der Waals surface area contributed by atoms with E-state index in [-0.39, 0.29) is 11.9 Å². The summed E-state index contributed by atoms with van der Waals surface area (Å²) < 4.78 is 0. The van der Waals surface area contributed by atoms with Crippen LogP contribution in [0.1, 0.15) is 19.8 Å². The molecule has 0 aliphatic carbocycles. The third kappa shape index (κ3) is 1.77. The molecule has 1 heterocycles. The molecule has 0 saturated carbocycles. The third-order valence-electron chi connectivity index (χ3n) is 2.14. The van der Waals surface area contributed by atoms with Crippen LogP contribution in [0.4, 0.5) is 0 Å². The van der Waals surface area contributed by atoms with Gasteiger partial charge in [-0.25, -0.2) is 0 Å². The lowest BCUT2D eigenvalue weighted by atomic mass is 10.2. The molecule has 0 aromatic carbocycles. The van der Waals surface area contributed by atoms with E-state index < -0.39 is 0 Å². The molecule has 1 rings (SSSR count). The minimum absolute atomic E-state index is 0.0783. The second kappa shape index (κ2) is 4.13. The zero-order valence-corrected chi connectivity index (χ0v) is 7.34. The molecule has 1 aliphatic heterocycles. The highest BCUT2D eigenvalue weighted by Gasteiger charge is 2.26. The van der Waals surface area contributed by atoms with E-state index in [4.69, 9.17) is 5.73 Å². The van der Waals surface area contributed by atoms with Gasteiger partial charge in [-0.1, -0.05) is 5.92 Å². The minimum Gasteiger partial charge on any atom is -0.328 e. The van der Waals surface area contributed by atoms with E-state index in [0.717, 1.165) is 19.4 Å². The summed E-state index contributed by atoms with van der Waals surface area (Å²) in [6, 6.07) is 0.221. The van der Waals surface area contributed by atoms with Gasteiger partial charge in [-0.2, -0.15) is 0 Å². The largest absolute Gasteiger partial charge is 0.328 e. The van der Waals surface area contributed by atoms with Crippen molar-refractivity contribution in [1.82, 2.24) is 4.90 Å². The first-order chi connectivity index (χ1) is 5.79.